The zero-order valence-electron chi connectivity index (χ0n) is 14.1. The summed E-state index contributed by atoms with van der Waals surface area (Å²) in [7, 11) is 0. The van der Waals surface area contributed by atoms with Crippen LogP contribution in [0.5, 0.6) is 5.75 Å². The number of unbranched alkanes of at least 4 members (excludes halogenated alkanes) is 1. The number of ether oxygens (including phenoxy) is 1. The van der Waals surface area contributed by atoms with Gasteiger partial charge in [-0.3, -0.25) is 9.78 Å². The summed E-state index contributed by atoms with van der Waals surface area (Å²) in [6.07, 6.45) is 5.08. The van der Waals surface area contributed by atoms with E-state index in [0.717, 1.165) is 17.3 Å². The van der Waals surface area contributed by atoms with Gasteiger partial charge < -0.3 is 9.64 Å². The maximum atomic E-state index is 12.8. The Labute approximate surface area is 176 Å². The minimum atomic E-state index is -0.0934. The number of hydrogen-bond acceptors (Lipinski definition) is 3. The molecule has 2 rings (SSSR count). The van der Waals surface area contributed by atoms with E-state index in [1.807, 2.05) is 0 Å². The van der Waals surface area contributed by atoms with Gasteiger partial charge in [0.1, 0.15) is 6.61 Å². The van der Waals surface area contributed by atoms with Crippen LogP contribution in [0.1, 0.15) is 30.1 Å². The fourth-order valence-corrected chi connectivity index (χ4v) is 3.59. The highest BCUT2D eigenvalue weighted by Gasteiger charge is 2.17. The van der Waals surface area contributed by atoms with Crippen molar-refractivity contribution in [2.75, 3.05) is 19.7 Å². The van der Waals surface area contributed by atoms with E-state index in [9.17, 15) is 4.79 Å². The number of carbonyl (C=O) groups is 1. The number of rotatable bonds is 8. The summed E-state index contributed by atoms with van der Waals surface area (Å²) in [5.74, 6) is 0.272. The molecule has 26 heavy (non-hydrogen) atoms. The van der Waals surface area contributed by atoms with E-state index < -0.39 is 0 Å². The number of carbonyl (C=O) groups excluding carboxylic acids is 1. The van der Waals surface area contributed by atoms with Gasteiger partial charge in [0.15, 0.2) is 5.75 Å². The summed E-state index contributed by atoms with van der Waals surface area (Å²) >= 11 is 21.5. The summed E-state index contributed by atoms with van der Waals surface area (Å²) in [6.45, 7) is 3.37. The summed E-state index contributed by atoms with van der Waals surface area (Å²) < 4.78 is 6.46. The Bertz CT molecular complexity index is 751. The highest BCUT2D eigenvalue weighted by Crippen LogP contribution is 2.35. The Morgan fingerprint density at radius 3 is 2.46 bits per heavy atom. The molecule has 8 heteroatoms. The van der Waals surface area contributed by atoms with Gasteiger partial charge in [-0.2, -0.15) is 0 Å². The van der Waals surface area contributed by atoms with Crippen LogP contribution in [-0.2, 0) is 0 Å². The summed E-state index contributed by atoms with van der Waals surface area (Å²) in [5, 5.41) is 1.12. The molecular formula is C18H18BrCl3N2O2. The molecule has 0 spiro atoms. The number of nitrogens with zero attached hydrogens (tertiary/aromatic N) is 2. The first-order valence-corrected chi connectivity index (χ1v) is 10.0. The predicted octanol–water partition coefficient (Wildman–Crippen LogP) is 6.13. The number of amides is 1. The summed E-state index contributed by atoms with van der Waals surface area (Å²) in [5.41, 5.74) is 0.526. The van der Waals surface area contributed by atoms with Crippen LogP contribution < -0.4 is 4.74 Å². The molecule has 0 saturated heterocycles. The Hall–Kier alpha value is -1.01. The van der Waals surface area contributed by atoms with Crippen LogP contribution in [0.3, 0.4) is 0 Å². The van der Waals surface area contributed by atoms with E-state index in [1.54, 1.807) is 35.5 Å². The molecule has 0 aliphatic carbocycles. The lowest BCUT2D eigenvalue weighted by Crippen LogP contribution is -2.35. The van der Waals surface area contributed by atoms with Crippen LogP contribution in [0.15, 0.2) is 35.1 Å². The molecule has 0 unspecified atom stereocenters. The summed E-state index contributed by atoms with van der Waals surface area (Å²) in [6, 6.07) is 4.89. The van der Waals surface area contributed by atoms with Crippen molar-refractivity contribution in [2.45, 2.75) is 19.8 Å². The first kappa shape index (κ1) is 21.3. The van der Waals surface area contributed by atoms with Crippen molar-refractivity contribution in [3.05, 3.63) is 55.7 Å². The number of hydrogen-bond donors (Lipinski definition) is 0. The quantitative estimate of drug-likeness (QED) is 0.457. The van der Waals surface area contributed by atoms with Crippen LogP contribution in [-0.4, -0.2) is 35.5 Å². The first-order valence-electron chi connectivity index (χ1n) is 8.09. The van der Waals surface area contributed by atoms with E-state index >= 15 is 0 Å². The highest BCUT2D eigenvalue weighted by atomic mass is 79.9. The SMILES string of the molecule is CCCCN(CCOc1c(Cl)cc(Cl)cc1Cl)C(=O)c1cncc(Br)c1. The van der Waals surface area contributed by atoms with Crippen LogP contribution >= 0.6 is 50.7 Å². The van der Waals surface area contributed by atoms with Crippen molar-refractivity contribution in [1.82, 2.24) is 9.88 Å². The van der Waals surface area contributed by atoms with Crippen molar-refractivity contribution in [3.63, 3.8) is 0 Å². The highest BCUT2D eigenvalue weighted by molar-refractivity contribution is 9.10. The maximum absolute atomic E-state index is 12.8. The summed E-state index contributed by atoms with van der Waals surface area (Å²) in [4.78, 5) is 18.6. The minimum Gasteiger partial charge on any atom is -0.489 e. The van der Waals surface area contributed by atoms with E-state index in [4.69, 9.17) is 39.5 Å². The van der Waals surface area contributed by atoms with Crippen molar-refractivity contribution in [3.8, 4) is 5.75 Å². The van der Waals surface area contributed by atoms with Crippen molar-refractivity contribution in [2.24, 2.45) is 0 Å². The lowest BCUT2D eigenvalue weighted by atomic mass is 10.2. The van der Waals surface area contributed by atoms with Gasteiger partial charge in [-0.25, -0.2) is 0 Å². The lowest BCUT2D eigenvalue weighted by Gasteiger charge is -2.23. The van der Waals surface area contributed by atoms with Gasteiger partial charge in [0.2, 0.25) is 0 Å². The topological polar surface area (TPSA) is 42.4 Å². The standard InChI is InChI=1S/C18H18BrCl3N2O2/c1-2-3-4-24(18(25)12-7-13(19)11-23-10-12)5-6-26-17-15(21)8-14(20)9-16(17)22/h7-11H,2-6H2,1H3. The van der Waals surface area contributed by atoms with Crippen molar-refractivity contribution < 1.29 is 9.53 Å². The minimum absolute atomic E-state index is 0.0934. The van der Waals surface area contributed by atoms with E-state index in [0.29, 0.717) is 39.5 Å². The fourth-order valence-electron chi connectivity index (χ4n) is 2.30. The molecule has 4 nitrogen and oxygen atoms in total. The zero-order valence-corrected chi connectivity index (χ0v) is 18.0. The molecule has 0 aliphatic heterocycles. The van der Waals surface area contributed by atoms with Crippen LogP contribution in [0, 0.1) is 0 Å². The normalized spacial score (nSPS) is 10.7. The Balaban J connectivity index is 2.05. The molecule has 140 valence electrons. The molecule has 0 fully saturated rings. The second kappa shape index (κ2) is 10.4. The molecule has 0 N–H and O–H groups in total. The smallest absolute Gasteiger partial charge is 0.255 e. The molecule has 1 aromatic heterocycles. The molecule has 1 amide bonds. The molecule has 0 aliphatic rings. The largest absolute Gasteiger partial charge is 0.489 e. The third-order valence-electron chi connectivity index (χ3n) is 3.59. The molecule has 0 radical (unpaired) electrons. The van der Waals surface area contributed by atoms with Crippen LogP contribution in [0.2, 0.25) is 15.1 Å². The second-order valence-corrected chi connectivity index (χ2v) is 7.75. The molecule has 0 atom stereocenters. The average molecular weight is 481 g/mol. The second-order valence-electron chi connectivity index (χ2n) is 5.58. The van der Waals surface area contributed by atoms with E-state index in [-0.39, 0.29) is 12.5 Å². The third-order valence-corrected chi connectivity index (χ3v) is 4.80. The van der Waals surface area contributed by atoms with Gasteiger partial charge in [-0.05, 0) is 40.5 Å². The molecule has 2 aromatic rings. The van der Waals surface area contributed by atoms with Gasteiger partial charge in [-0.15, -0.1) is 0 Å². The Morgan fingerprint density at radius 2 is 1.85 bits per heavy atom. The van der Waals surface area contributed by atoms with Gasteiger partial charge in [0.05, 0.1) is 22.2 Å². The number of benzene rings is 1. The van der Waals surface area contributed by atoms with Gasteiger partial charge in [-0.1, -0.05) is 48.1 Å². The molecule has 0 bridgehead atoms. The van der Waals surface area contributed by atoms with Gasteiger partial charge in [0.25, 0.3) is 5.91 Å². The number of aromatic nitrogens is 1. The van der Waals surface area contributed by atoms with Gasteiger partial charge >= 0.3 is 0 Å². The van der Waals surface area contributed by atoms with Crippen LogP contribution in [0.4, 0.5) is 0 Å². The number of pyridine rings is 1. The van der Waals surface area contributed by atoms with Crippen LogP contribution in [0.25, 0.3) is 0 Å². The average Bonchev–Trinajstić information content (AvgIpc) is 2.59. The van der Waals surface area contributed by atoms with E-state index in [2.05, 4.69) is 27.8 Å². The fraction of sp³-hybridized carbons (Fsp3) is 0.333. The maximum Gasteiger partial charge on any atom is 0.255 e. The van der Waals surface area contributed by atoms with E-state index in [1.165, 1.54) is 0 Å². The monoisotopic (exact) mass is 478 g/mol. The lowest BCUT2D eigenvalue weighted by molar-refractivity contribution is 0.0727. The zero-order chi connectivity index (χ0) is 19.1. The number of halogens is 4. The molecule has 1 heterocycles. The van der Waals surface area contributed by atoms with Gasteiger partial charge in [0, 0.05) is 28.4 Å². The molecule has 0 saturated carbocycles. The first-order chi connectivity index (χ1) is 12.4. The van der Waals surface area contributed by atoms with Crippen molar-refractivity contribution >= 4 is 56.6 Å². The Morgan fingerprint density at radius 1 is 1.15 bits per heavy atom. The van der Waals surface area contributed by atoms with Crippen molar-refractivity contribution in [1.29, 1.82) is 0 Å². The molecular weight excluding hydrogens is 462 g/mol. The predicted molar refractivity (Wildman–Crippen MR) is 110 cm³/mol. The molecule has 1 aromatic carbocycles. The Kier molecular flexibility index (Phi) is 8.48. The third kappa shape index (κ3) is 6.02.